The maximum atomic E-state index is 12.8. The first-order chi connectivity index (χ1) is 12.6. The van der Waals surface area contributed by atoms with Gasteiger partial charge in [-0.1, -0.05) is 67.9 Å². The third-order valence-corrected chi connectivity index (χ3v) is 4.42. The van der Waals surface area contributed by atoms with Gasteiger partial charge in [0.1, 0.15) is 5.69 Å². The summed E-state index contributed by atoms with van der Waals surface area (Å²) in [7, 11) is 0. The highest BCUT2D eigenvalue weighted by molar-refractivity contribution is 6.32. The zero-order valence-electron chi connectivity index (χ0n) is 14.9. The molecular weight excluding hydrogens is 346 g/mol. The van der Waals surface area contributed by atoms with Crippen LogP contribution in [0.4, 0.5) is 0 Å². The topological polar surface area (TPSA) is 46.9 Å². The lowest BCUT2D eigenvalue weighted by molar-refractivity contribution is 0.0944. The van der Waals surface area contributed by atoms with E-state index >= 15 is 0 Å². The number of hydrogen-bond donors (Lipinski definition) is 1. The molecule has 4 nitrogen and oxygen atoms in total. The summed E-state index contributed by atoms with van der Waals surface area (Å²) in [6.45, 7) is 4.90. The number of amides is 1. The molecule has 134 valence electrons. The molecule has 0 atom stereocenters. The highest BCUT2D eigenvalue weighted by atomic mass is 35.5. The molecule has 2 aromatic carbocycles. The first kappa shape index (κ1) is 18.2. The van der Waals surface area contributed by atoms with Gasteiger partial charge in [-0.25, -0.2) is 4.68 Å². The predicted octanol–water partition coefficient (Wildman–Crippen LogP) is 4.97. The van der Waals surface area contributed by atoms with Crippen molar-refractivity contribution in [3.8, 4) is 16.9 Å². The van der Waals surface area contributed by atoms with Gasteiger partial charge in [0.2, 0.25) is 0 Å². The number of nitrogens with one attached hydrogen (secondary N) is 1. The Morgan fingerprint density at radius 1 is 1.12 bits per heavy atom. The molecule has 0 aliphatic carbocycles. The predicted molar refractivity (Wildman–Crippen MR) is 106 cm³/mol. The SMILES string of the molecule is CC(C)CCNC(=O)c1cc(-c2ccccc2)nn1-c1ccccc1Cl. The fourth-order valence-corrected chi connectivity index (χ4v) is 2.88. The van der Waals surface area contributed by atoms with Crippen molar-refractivity contribution in [3.63, 3.8) is 0 Å². The lowest BCUT2D eigenvalue weighted by Crippen LogP contribution is -2.27. The molecule has 0 unspecified atom stereocenters. The molecule has 3 aromatic rings. The van der Waals surface area contributed by atoms with Crippen molar-refractivity contribution in [1.82, 2.24) is 15.1 Å². The van der Waals surface area contributed by atoms with E-state index in [1.807, 2.05) is 54.6 Å². The van der Waals surface area contributed by atoms with Crippen molar-refractivity contribution in [3.05, 3.63) is 71.4 Å². The third kappa shape index (κ3) is 4.14. The van der Waals surface area contributed by atoms with Crippen LogP contribution in [0.5, 0.6) is 0 Å². The van der Waals surface area contributed by atoms with Gasteiger partial charge in [0.15, 0.2) is 0 Å². The number of carbonyl (C=O) groups excluding carboxylic acids is 1. The third-order valence-electron chi connectivity index (χ3n) is 4.10. The highest BCUT2D eigenvalue weighted by Crippen LogP contribution is 2.25. The molecule has 1 N–H and O–H groups in total. The zero-order valence-corrected chi connectivity index (χ0v) is 15.7. The van der Waals surface area contributed by atoms with Crippen molar-refractivity contribution in [1.29, 1.82) is 0 Å². The van der Waals surface area contributed by atoms with Crippen LogP contribution < -0.4 is 5.32 Å². The van der Waals surface area contributed by atoms with Gasteiger partial charge >= 0.3 is 0 Å². The van der Waals surface area contributed by atoms with Gasteiger partial charge in [0, 0.05) is 12.1 Å². The normalized spacial score (nSPS) is 10.9. The van der Waals surface area contributed by atoms with Crippen LogP contribution in [0.2, 0.25) is 5.02 Å². The molecule has 0 fully saturated rings. The summed E-state index contributed by atoms with van der Waals surface area (Å²) >= 11 is 6.34. The van der Waals surface area contributed by atoms with E-state index in [0.29, 0.717) is 28.9 Å². The molecule has 1 heterocycles. The minimum absolute atomic E-state index is 0.153. The van der Waals surface area contributed by atoms with Gasteiger partial charge in [0.05, 0.1) is 16.4 Å². The average molecular weight is 368 g/mol. The summed E-state index contributed by atoms with van der Waals surface area (Å²) in [4.78, 5) is 12.8. The molecule has 1 amide bonds. The Morgan fingerprint density at radius 3 is 2.50 bits per heavy atom. The van der Waals surface area contributed by atoms with E-state index in [1.165, 1.54) is 0 Å². The number of para-hydroxylation sites is 1. The summed E-state index contributed by atoms with van der Waals surface area (Å²) in [6.07, 6.45) is 0.928. The summed E-state index contributed by atoms with van der Waals surface area (Å²) in [5, 5.41) is 8.18. The Morgan fingerprint density at radius 2 is 1.81 bits per heavy atom. The standard InChI is InChI=1S/C21H22ClN3O/c1-15(2)12-13-23-21(26)20-14-18(16-8-4-3-5-9-16)24-25(20)19-11-7-6-10-17(19)22/h3-11,14-15H,12-13H2,1-2H3,(H,23,26). The van der Waals surface area contributed by atoms with Crippen molar-refractivity contribution in [2.24, 2.45) is 5.92 Å². The maximum Gasteiger partial charge on any atom is 0.270 e. The quantitative estimate of drug-likeness (QED) is 0.668. The van der Waals surface area contributed by atoms with E-state index < -0.39 is 0 Å². The molecule has 3 rings (SSSR count). The Balaban J connectivity index is 2.00. The van der Waals surface area contributed by atoms with Crippen LogP contribution in [0.15, 0.2) is 60.7 Å². The van der Waals surface area contributed by atoms with Crippen LogP contribution in [0.25, 0.3) is 16.9 Å². The molecule has 0 aliphatic heterocycles. The van der Waals surface area contributed by atoms with Crippen LogP contribution in [0.1, 0.15) is 30.8 Å². The molecular formula is C21H22ClN3O. The first-order valence-corrected chi connectivity index (χ1v) is 9.12. The summed E-state index contributed by atoms with van der Waals surface area (Å²) in [5.74, 6) is 0.379. The van der Waals surface area contributed by atoms with E-state index in [-0.39, 0.29) is 5.91 Å². The Hall–Kier alpha value is -2.59. The summed E-state index contributed by atoms with van der Waals surface area (Å²) < 4.78 is 1.62. The average Bonchev–Trinajstić information content (AvgIpc) is 3.08. The van der Waals surface area contributed by atoms with Gasteiger partial charge in [0.25, 0.3) is 5.91 Å². The molecule has 5 heteroatoms. The van der Waals surface area contributed by atoms with Crippen LogP contribution in [0, 0.1) is 5.92 Å². The number of rotatable bonds is 6. The summed E-state index contributed by atoms with van der Waals surface area (Å²) in [6, 6.07) is 19.0. The van der Waals surface area contributed by atoms with Crippen molar-refractivity contribution in [2.75, 3.05) is 6.54 Å². The van der Waals surface area contributed by atoms with E-state index in [0.717, 1.165) is 17.7 Å². The van der Waals surface area contributed by atoms with Crippen LogP contribution in [-0.2, 0) is 0 Å². The van der Waals surface area contributed by atoms with Gasteiger partial charge in [-0.3, -0.25) is 4.79 Å². The lowest BCUT2D eigenvalue weighted by Gasteiger charge is -2.10. The monoisotopic (exact) mass is 367 g/mol. The molecule has 26 heavy (non-hydrogen) atoms. The second kappa shape index (κ2) is 8.19. The molecule has 0 bridgehead atoms. The maximum absolute atomic E-state index is 12.8. The molecule has 0 aliphatic rings. The Kier molecular flexibility index (Phi) is 5.74. The number of aromatic nitrogens is 2. The molecule has 0 saturated heterocycles. The van der Waals surface area contributed by atoms with Gasteiger partial charge < -0.3 is 5.32 Å². The van der Waals surface area contributed by atoms with Crippen molar-refractivity contribution < 1.29 is 4.79 Å². The number of nitrogens with zero attached hydrogens (tertiary/aromatic N) is 2. The molecule has 0 spiro atoms. The first-order valence-electron chi connectivity index (χ1n) is 8.75. The van der Waals surface area contributed by atoms with E-state index in [9.17, 15) is 4.79 Å². The van der Waals surface area contributed by atoms with Crippen LogP contribution in [0.3, 0.4) is 0 Å². The second-order valence-electron chi connectivity index (χ2n) is 6.58. The van der Waals surface area contributed by atoms with Crippen molar-refractivity contribution in [2.45, 2.75) is 20.3 Å². The number of hydrogen-bond acceptors (Lipinski definition) is 2. The smallest absolute Gasteiger partial charge is 0.270 e. The Labute approximate surface area is 158 Å². The largest absolute Gasteiger partial charge is 0.351 e. The van der Waals surface area contributed by atoms with Crippen LogP contribution >= 0.6 is 11.6 Å². The number of carbonyl (C=O) groups is 1. The molecule has 1 aromatic heterocycles. The molecule has 0 radical (unpaired) electrons. The van der Waals surface area contributed by atoms with Gasteiger partial charge in [-0.2, -0.15) is 5.10 Å². The molecule has 0 saturated carbocycles. The lowest BCUT2D eigenvalue weighted by atomic mass is 10.1. The zero-order chi connectivity index (χ0) is 18.5. The van der Waals surface area contributed by atoms with E-state index in [1.54, 1.807) is 10.7 Å². The Bertz CT molecular complexity index is 887. The minimum Gasteiger partial charge on any atom is -0.351 e. The van der Waals surface area contributed by atoms with Gasteiger partial charge in [-0.15, -0.1) is 0 Å². The van der Waals surface area contributed by atoms with Crippen LogP contribution in [-0.4, -0.2) is 22.2 Å². The second-order valence-corrected chi connectivity index (χ2v) is 6.99. The summed E-state index contributed by atoms with van der Waals surface area (Å²) in [5.41, 5.74) is 2.85. The van der Waals surface area contributed by atoms with Gasteiger partial charge in [-0.05, 0) is 30.5 Å². The fraction of sp³-hybridized carbons (Fsp3) is 0.238. The minimum atomic E-state index is -0.153. The van der Waals surface area contributed by atoms with E-state index in [2.05, 4.69) is 24.3 Å². The highest BCUT2D eigenvalue weighted by Gasteiger charge is 2.18. The fourth-order valence-electron chi connectivity index (χ4n) is 2.66. The number of benzene rings is 2. The van der Waals surface area contributed by atoms with E-state index in [4.69, 9.17) is 11.6 Å². The van der Waals surface area contributed by atoms with Crippen molar-refractivity contribution >= 4 is 17.5 Å². The number of halogens is 1.